The fraction of sp³-hybridized carbons (Fsp3) is 0.316. The van der Waals surface area contributed by atoms with Gasteiger partial charge < -0.3 is 14.0 Å². The molecule has 0 amide bonds. The molecule has 7 nitrogen and oxygen atoms in total. The first-order valence-corrected chi connectivity index (χ1v) is 9.39. The first-order chi connectivity index (χ1) is 13.3. The Morgan fingerprint density at radius 2 is 1.57 bits per heavy atom. The molecule has 2 aromatic carbocycles. The number of ether oxygens (including phenoxy) is 2. The highest BCUT2D eigenvalue weighted by Gasteiger charge is 2.24. The van der Waals surface area contributed by atoms with Crippen LogP contribution in [-0.2, 0) is 22.6 Å². The summed E-state index contributed by atoms with van der Waals surface area (Å²) in [6.07, 6.45) is -0.816. The number of alkyl halides is 1. The Morgan fingerprint density at radius 1 is 1.04 bits per heavy atom. The van der Waals surface area contributed by atoms with E-state index in [2.05, 4.69) is 4.74 Å². The molecule has 150 valence electrons. The van der Waals surface area contributed by atoms with Crippen molar-refractivity contribution in [2.45, 2.75) is 13.1 Å². The summed E-state index contributed by atoms with van der Waals surface area (Å²) in [5.74, 6) is 0. The average Bonchev–Trinajstić information content (AvgIpc) is 2.64. The normalized spacial score (nSPS) is 12.8. The maximum Gasteiger partial charge on any atom is 0.509 e. The van der Waals surface area contributed by atoms with E-state index in [-0.39, 0.29) is 18.4 Å². The van der Waals surface area contributed by atoms with Crippen LogP contribution in [0.1, 0.15) is 11.1 Å². The molecule has 0 saturated carbocycles. The summed E-state index contributed by atoms with van der Waals surface area (Å²) in [5, 5.41) is 11.5. The average molecular weight is 428 g/mol. The van der Waals surface area contributed by atoms with E-state index in [1.54, 1.807) is 12.1 Å². The molecular formula is C19H21Cl2N2O5+. The van der Waals surface area contributed by atoms with Crippen molar-refractivity contribution in [2.75, 3.05) is 26.3 Å². The Balaban J connectivity index is 2.12. The van der Waals surface area contributed by atoms with Crippen LogP contribution in [0.15, 0.2) is 48.5 Å². The Hall–Kier alpha value is -2.35. The molecule has 0 radical (unpaired) electrons. The summed E-state index contributed by atoms with van der Waals surface area (Å²) in [7, 11) is 2.02. The third-order valence-corrected chi connectivity index (χ3v) is 4.57. The molecule has 0 N–H and O–H groups in total. The van der Waals surface area contributed by atoms with Gasteiger partial charge in [-0.3, -0.25) is 10.1 Å². The lowest BCUT2D eigenvalue weighted by atomic mass is 10.1. The highest BCUT2D eigenvalue weighted by molar-refractivity contribution is 6.30. The minimum absolute atomic E-state index is 0.0443. The van der Waals surface area contributed by atoms with Crippen LogP contribution in [0.2, 0.25) is 5.02 Å². The van der Waals surface area contributed by atoms with E-state index in [4.69, 9.17) is 27.9 Å². The number of non-ortho nitro benzene ring substituents is 1. The van der Waals surface area contributed by atoms with Crippen LogP contribution in [-0.4, -0.2) is 41.8 Å². The molecule has 0 spiro atoms. The van der Waals surface area contributed by atoms with Gasteiger partial charge in [0.05, 0.1) is 12.0 Å². The van der Waals surface area contributed by atoms with Crippen LogP contribution in [0, 0.1) is 10.1 Å². The molecule has 2 rings (SSSR count). The number of hydrogen-bond acceptors (Lipinski definition) is 5. The van der Waals surface area contributed by atoms with Gasteiger partial charge >= 0.3 is 6.16 Å². The SMILES string of the molecule is C[N+](CCOC(=O)OCCl)(Cc1ccc(Cl)cc1)Cc1ccc([N+](=O)[O-])cc1. The Bertz CT molecular complexity index is 799. The Labute approximate surface area is 173 Å². The molecule has 0 aliphatic rings. The zero-order valence-electron chi connectivity index (χ0n) is 15.3. The maximum atomic E-state index is 11.4. The van der Waals surface area contributed by atoms with Crippen LogP contribution in [0.5, 0.6) is 0 Å². The lowest BCUT2D eigenvalue weighted by Crippen LogP contribution is -2.45. The van der Waals surface area contributed by atoms with Crippen molar-refractivity contribution in [3.63, 3.8) is 0 Å². The van der Waals surface area contributed by atoms with E-state index < -0.39 is 11.1 Å². The minimum atomic E-state index is -0.816. The lowest BCUT2D eigenvalue weighted by Gasteiger charge is -2.34. The van der Waals surface area contributed by atoms with Crippen LogP contribution >= 0.6 is 23.2 Å². The predicted octanol–water partition coefficient (Wildman–Crippen LogP) is 4.74. The quantitative estimate of drug-likeness (QED) is 0.190. The first-order valence-electron chi connectivity index (χ1n) is 8.48. The highest BCUT2D eigenvalue weighted by Crippen LogP contribution is 2.21. The standard InChI is InChI=1S/C19H21Cl2N2O5/c1-23(10-11-27-19(24)28-14-20,12-15-2-6-17(21)7-3-15)13-16-4-8-18(9-5-16)22(25)26/h2-9H,10-14H2,1H3/q+1. The number of carbonyl (C=O) groups excluding carboxylic acids is 1. The number of hydrogen-bond donors (Lipinski definition) is 0. The van der Waals surface area contributed by atoms with E-state index in [0.29, 0.717) is 29.1 Å². The number of quaternary nitrogens is 1. The van der Waals surface area contributed by atoms with Crippen molar-refractivity contribution in [3.05, 3.63) is 74.8 Å². The smallest absolute Gasteiger partial charge is 0.428 e. The van der Waals surface area contributed by atoms with Crippen molar-refractivity contribution >= 4 is 35.0 Å². The molecule has 2 aromatic rings. The molecule has 0 heterocycles. The second kappa shape index (κ2) is 10.3. The summed E-state index contributed by atoms with van der Waals surface area (Å²) in [6, 6.07) is 13.7. The first kappa shape index (κ1) is 21.9. The fourth-order valence-corrected chi connectivity index (χ4v) is 3.06. The van der Waals surface area contributed by atoms with Gasteiger partial charge in [-0.15, -0.1) is 0 Å². The van der Waals surface area contributed by atoms with Gasteiger partial charge in [0.25, 0.3) is 5.69 Å². The monoisotopic (exact) mass is 427 g/mol. The van der Waals surface area contributed by atoms with Gasteiger partial charge in [0.15, 0.2) is 6.07 Å². The van der Waals surface area contributed by atoms with Crippen molar-refractivity contribution < 1.29 is 23.7 Å². The maximum absolute atomic E-state index is 11.4. The number of rotatable bonds is 9. The summed E-state index contributed by atoms with van der Waals surface area (Å²) in [5.41, 5.74) is 2.05. The van der Waals surface area contributed by atoms with Crippen molar-refractivity contribution in [3.8, 4) is 0 Å². The topological polar surface area (TPSA) is 78.7 Å². The Kier molecular flexibility index (Phi) is 8.04. The number of likely N-dealkylation sites (N-methyl/N-ethyl adjacent to an activating group) is 1. The van der Waals surface area contributed by atoms with Crippen molar-refractivity contribution in [1.29, 1.82) is 0 Å². The third kappa shape index (κ3) is 6.99. The molecular weight excluding hydrogens is 407 g/mol. The van der Waals surface area contributed by atoms with Crippen LogP contribution < -0.4 is 0 Å². The highest BCUT2D eigenvalue weighted by atomic mass is 35.5. The number of benzene rings is 2. The van der Waals surface area contributed by atoms with Gasteiger partial charge in [-0.1, -0.05) is 35.3 Å². The minimum Gasteiger partial charge on any atom is -0.428 e. The predicted molar refractivity (Wildman–Crippen MR) is 106 cm³/mol. The van der Waals surface area contributed by atoms with Gasteiger partial charge in [0.2, 0.25) is 0 Å². The van der Waals surface area contributed by atoms with Gasteiger partial charge in [-0.2, -0.15) is 0 Å². The van der Waals surface area contributed by atoms with E-state index in [1.165, 1.54) is 12.1 Å². The van der Waals surface area contributed by atoms with E-state index in [0.717, 1.165) is 11.1 Å². The van der Waals surface area contributed by atoms with E-state index >= 15 is 0 Å². The number of nitro benzene ring substituents is 1. The molecule has 0 aliphatic heterocycles. The molecule has 1 unspecified atom stereocenters. The van der Waals surface area contributed by atoms with Crippen LogP contribution in [0.3, 0.4) is 0 Å². The van der Waals surface area contributed by atoms with Crippen molar-refractivity contribution in [1.82, 2.24) is 0 Å². The number of carbonyl (C=O) groups is 1. The van der Waals surface area contributed by atoms with E-state index in [1.807, 2.05) is 31.3 Å². The summed E-state index contributed by atoms with van der Waals surface area (Å²) < 4.78 is 10.1. The van der Waals surface area contributed by atoms with Gasteiger partial charge in [-0.05, 0) is 24.3 Å². The lowest BCUT2D eigenvalue weighted by molar-refractivity contribution is -0.935. The zero-order chi connectivity index (χ0) is 20.6. The number of nitro groups is 1. The Morgan fingerprint density at radius 3 is 2.07 bits per heavy atom. The largest absolute Gasteiger partial charge is 0.509 e. The number of halogens is 2. The number of nitrogens with zero attached hydrogens (tertiary/aromatic N) is 2. The van der Waals surface area contributed by atoms with Gasteiger partial charge in [0.1, 0.15) is 26.2 Å². The second-order valence-electron chi connectivity index (χ2n) is 6.56. The molecule has 0 aromatic heterocycles. The zero-order valence-corrected chi connectivity index (χ0v) is 16.9. The van der Waals surface area contributed by atoms with Crippen LogP contribution in [0.4, 0.5) is 10.5 Å². The second-order valence-corrected chi connectivity index (χ2v) is 7.22. The van der Waals surface area contributed by atoms with E-state index in [9.17, 15) is 14.9 Å². The summed E-state index contributed by atoms with van der Waals surface area (Å²) in [6.45, 7) is 1.90. The van der Waals surface area contributed by atoms with Crippen LogP contribution in [0.25, 0.3) is 0 Å². The molecule has 0 aliphatic carbocycles. The molecule has 1 atom stereocenters. The van der Waals surface area contributed by atoms with Crippen molar-refractivity contribution in [2.24, 2.45) is 0 Å². The molecule has 0 bridgehead atoms. The third-order valence-electron chi connectivity index (χ3n) is 4.21. The molecule has 9 heteroatoms. The van der Waals surface area contributed by atoms with Gasteiger partial charge in [-0.25, -0.2) is 4.79 Å². The summed E-state index contributed by atoms with van der Waals surface area (Å²) in [4.78, 5) is 21.8. The summed E-state index contributed by atoms with van der Waals surface area (Å²) >= 11 is 11.3. The molecule has 0 fully saturated rings. The molecule has 0 saturated heterocycles. The molecule has 28 heavy (non-hydrogen) atoms. The van der Waals surface area contributed by atoms with Gasteiger partial charge in [0, 0.05) is 28.3 Å². The fourth-order valence-electron chi connectivity index (χ4n) is 2.84.